The monoisotopic (exact) mass is 274 g/mol. The molecule has 3 heteroatoms. The Kier molecular flexibility index (Phi) is 2.92. The second-order valence-corrected chi connectivity index (χ2v) is 5.23. The van der Waals surface area contributed by atoms with Gasteiger partial charge in [0, 0.05) is 19.9 Å². The molecule has 1 aromatic carbocycles. The molecule has 0 saturated carbocycles. The van der Waals surface area contributed by atoms with Crippen molar-refractivity contribution in [2.24, 2.45) is 0 Å². The smallest absolute Gasteiger partial charge is 0.0412 e. The normalized spacial score (nSPS) is 10.9. The molecule has 0 bridgehead atoms. The molecule has 2 rings (SSSR count). The second kappa shape index (κ2) is 3.99. The van der Waals surface area contributed by atoms with Gasteiger partial charge in [-0.15, -0.1) is 11.3 Å². The summed E-state index contributed by atoms with van der Waals surface area (Å²) in [6.07, 6.45) is 1.09. The van der Waals surface area contributed by atoms with E-state index in [1.807, 2.05) is 23.5 Å². The fraction of sp³-hybridized carbons (Fsp3) is 0.200. The first-order valence-corrected chi connectivity index (χ1v) is 6.35. The maximum atomic E-state index is 5.90. The predicted molar refractivity (Wildman–Crippen MR) is 64.3 cm³/mol. The molecule has 0 nitrogen and oxygen atoms in total. The lowest BCUT2D eigenvalue weighted by Crippen LogP contribution is -1.76. The van der Waals surface area contributed by atoms with Crippen molar-refractivity contribution in [1.29, 1.82) is 0 Å². The highest BCUT2D eigenvalue weighted by Gasteiger charge is 2.01. The summed E-state index contributed by atoms with van der Waals surface area (Å²) in [7, 11) is 0. The minimum Gasteiger partial charge on any atom is -0.140 e. The Morgan fingerprint density at radius 2 is 2.15 bits per heavy atom. The molecule has 2 aromatic rings. The van der Waals surface area contributed by atoms with Gasteiger partial charge in [-0.05, 0) is 36.1 Å². The highest BCUT2D eigenvalue weighted by Crippen LogP contribution is 2.28. The SMILES string of the molecule is Clc1ccc2sc(CCBr)cc2c1. The van der Waals surface area contributed by atoms with E-state index in [0.29, 0.717) is 0 Å². The molecule has 0 atom stereocenters. The van der Waals surface area contributed by atoms with Crippen LogP contribution in [0.1, 0.15) is 4.88 Å². The van der Waals surface area contributed by atoms with Crippen molar-refractivity contribution in [3.05, 3.63) is 34.2 Å². The molecule has 0 fully saturated rings. The first-order valence-electron chi connectivity index (χ1n) is 4.03. The average Bonchev–Trinajstić information content (AvgIpc) is 2.46. The van der Waals surface area contributed by atoms with Crippen LogP contribution in [-0.2, 0) is 6.42 Å². The zero-order valence-corrected chi connectivity index (χ0v) is 10.0. The summed E-state index contributed by atoms with van der Waals surface area (Å²) in [5.41, 5.74) is 0. The topological polar surface area (TPSA) is 0 Å². The van der Waals surface area contributed by atoms with Gasteiger partial charge in [-0.3, -0.25) is 0 Å². The van der Waals surface area contributed by atoms with Gasteiger partial charge in [0.1, 0.15) is 0 Å². The summed E-state index contributed by atoms with van der Waals surface area (Å²) < 4.78 is 1.32. The fourth-order valence-corrected chi connectivity index (χ4v) is 3.20. The Labute approximate surface area is 94.7 Å². The number of thiophene rings is 1. The summed E-state index contributed by atoms with van der Waals surface area (Å²) in [6.45, 7) is 0. The minimum atomic E-state index is 0.815. The molecule has 0 N–H and O–H groups in total. The van der Waals surface area contributed by atoms with Crippen molar-refractivity contribution in [1.82, 2.24) is 0 Å². The van der Waals surface area contributed by atoms with Crippen molar-refractivity contribution in [3.8, 4) is 0 Å². The summed E-state index contributed by atoms with van der Waals surface area (Å²) in [5.74, 6) is 0. The number of alkyl halides is 1. The predicted octanol–water partition coefficient (Wildman–Crippen LogP) is 4.49. The largest absolute Gasteiger partial charge is 0.140 e. The highest BCUT2D eigenvalue weighted by molar-refractivity contribution is 9.09. The van der Waals surface area contributed by atoms with E-state index in [1.54, 1.807) is 0 Å². The zero-order chi connectivity index (χ0) is 9.26. The van der Waals surface area contributed by atoms with E-state index in [1.165, 1.54) is 15.0 Å². The van der Waals surface area contributed by atoms with Crippen LogP contribution in [0.15, 0.2) is 24.3 Å². The van der Waals surface area contributed by atoms with E-state index < -0.39 is 0 Å². The molecule has 0 aliphatic rings. The summed E-state index contributed by atoms with van der Waals surface area (Å²) >= 11 is 11.2. The van der Waals surface area contributed by atoms with Gasteiger partial charge in [-0.1, -0.05) is 27.5 Å². The molecule has 68 valence electrons. The van der Waals surface area contributed by atoms with Crippen molar-refractivity contribution >= 4 is 49.0 Å². The quantitative estimate of drug-likeness (QED) is 0.708. The van der Waals surface area contributed by atoms with Crippen LogP contribution >= 0.6 is 38.9 Å². The third kappa shape index (κ3) is 2.06. The lowest BCUT2D eigenvalue weighted by Gasteiger charge is -1.88. The van der Waals surface area contributed by atoms with Gasteiger partial charge in [0.25, 0.3) is 0 Å². The Hall–Kier alpha value is -0.0500. The van der Waals surface area contributed by atoms with Crippen molar-refractivity contribution < 1.29 is 0 Å². The zero-order valence-electron chi connectivity index (χ0n) is 6.89. The van der Waals surface area contributed by atoms with E-state index in [4.69, 9.17) is 11.6 Å². The molecule has 0 amide bonds. The minimum absolute atomic E-state index is 0.815. The van der Waals surface area contributed by atoms with Gasteiger partial charge in [0.05, 0.1) is 0 Å². The first-order chi connectivity index (χ1) is 6.29. The van der Waals surface area contributed by atoms with Gasteiger partial charge >= 0.3 is 0 Å². The molecule has 0 aliphatic carbocycles. The maximum absolute atomic E-state index is 5.90. The Morgan fingerprint density at radius 1 is 1.31 bits per heavy atom. The third-order valence-electron chi connectivity index (χ3n) is 1.87. The highest BCUT2D eigenvalue weighted by atomic mass is 79.9. The summed E-state index contributed by atoms with van der Waals surface area (Å²) in [4.78, 5) is 1.41. The second-order valence-electron chi connectivity index (χ2n) is 2.83. The molecule has 0 unspecified atom stereocenters. The number of benzene rings is 1. The Bertz CT molecular complexity index is 422. The van der Waals surface area contributed by atoms with E-state index in [0.717, 1.165) is 16.8 Å². The lowest BCUT2D eigenvalue weighted by atomic mass is 10.2. The van der Waals surface area contributed by atoms with Crippen molar-refractivity contribution in [3.63, 3.8) is 0 Å². The standard InChI is InChI=1S/C10H8BrClS/c11-4-3-9-6-7-5-8(12)1-2-10(7)13-9/h1-2,5-6H,3-4H2. The molecule has 0 radical (unpaired) electrons. The van der Waals surface area contributed by atoms with Gasteiger partial charge in [0.2, 0.25) is 0 Å². The van der Waals surface area contributed by atoms with E-state index in [9.17, 15) is 0 Å². The molecule has 0 aliphatic heterocycles. The third-order valence-corrected chi connectivity index (χ3v) is 3.68. The van der Waals surface area contributed by atoms with E-state index in [2.05, 4.69) is 28.1 Å². The van der Waals surface area contributed by atoms with Crippen LogP contribution in [0.3, 0.4) is 0 Å². The van der Waals surface area contributed by atoms with E-state index >= 15 is 0 Å². The van der Waals surface area contributed by atoms with Crippen LogP contribution in [0.2, 0.25) is 5.02 Å². The van der Waals surface area contributed by atoms with Crippen LogP contribution in [0.25, 0.3) is 10.1 Å². The Morgan fingerprint density at radius 3 is 2.92 bits per heavy atom. The fourth-order valence-electron chi connectivity index (χ4n) is 1.29. The van der Waals surface area contributed by atoms with Crippen LogP contribution in [-0.4, -0.2) is 5.33 Å². The Balaban J connectivity index is 2.49. The number of fused-ring (bicyclic) bond motifs is 1. The summed E-state index contributed by atoms with van der Waals surface area (Å²) in [6, 6.07) is 8.26. The molecule has 0 saturated heterocycles. The van der Waals surface area contributed by atoms with Crippen molar-refractivity contribution in [2.45, 2.75) is 6.42 Å². The molecule has 13 heavy (non-hydrogen) atoms. The molecule has 1 aromatic heterocycles. The van der Waals surface area contributed by atoms with E-state index in [-0.39, 0.29) is 0 Å². The number of rotatable bonds is 2. The first kappa shape index (κ1) is 9.50. The van der Waals surface area contributed by atoms with Crippen LogP contribution in [0.4, 0.5) is 0 Å². The van der Waals surface area contributed by atoms with Crippen LogP contribution < -0.4 is 0 Å². The summed E-state index contributed by atoms with van der Waals surface area (Å²) in [5, 5.41) is 3.09. The number of aryl methyl sites for hydroxylation is 1. The molecular formula is C10H8BrClS. The molecular weight excluding hydrogens is 268 g/mol. The molecule has 1 heterocycles. The molecule has 0 spiro atoms. The number of halogens is 2. The van der Waals surface area contributed by atoms with Crippen LogP contribution in [0, 0.1) is 0 Å². The van der Waals surface area contributed by atoms with Crippen LogP contribution in [0.5, 0.6) is 0 Å². The van der Waals surface area contributed by atoms with Gasteiger partial charge < -0.3 is 0 Å². The van der Waals surface area contributed by atoms with Gasteiger partial charge in [-0.2, -0.15) is 0 Å². The number of hydrogen-bond donors (Lipinski definition) is 0. The van der Waals surface area contributed by atoms with Gasteiger partial charge in [0.15, 0.2) is 0 Å². The van der Waals surface area contributed by atoms with Gasteiger partial charge in [-0.25, -0.2) is 0 Å². The van der Waals surface area contributed by atoms with Crippen molar-refractivity contribution in [2.75, 3.05) is 5.33 Å². The lowest BCUT2D eigenvalue weighted by molar-refractivity contribution is 1.22. The maximum Gasteiger partial charge on any atom is 0.0412 e. The number of hydrogen-bond acceptors (Lipinski definition) is 1. The average molecular weight is 276 g/mol.